The number of aliphatic hydroxyl groups is 1. The van der Waals surface area contributed by atoms with Crippen molar-refractivity contribution in [2.24, 2.45) is 5.73 Å². The molecular formula is C43H72NO9P. The second kappa shape index (κ2) is 38.4. The molecule has 0 amide bonds. The van der Waals surface area contributed by atoms with Gasteiger partial charge in [-0.3, -0.25) is 18.6 Å². The van der Waals surface area contributed by atoms with E-state index in [4.69, 9.17) is 24.3 Å². The number of rotatable bonds is 36. The Bertz CT molecular complexity index is 1180. The van der Waals surface area contributed by atoms with Crippen molar-refractivity contribution in [3.05, 3.63) is 85.1 Å². The number of carbonyl (C=O) groups is 2. The molecule has 10 nitrogen and oxygen atoms in total. The fourth-order valence-corrected chi connectivity index (χ4v) is 5.53. The minimum Gasteiger partial charge on any atom is -0.462 e. The fraction of sp³-hybridized carbons (Fsp3) is 0.628. The summed E-state index contributed by atoms with van der Waals surface area (Å²) in [4.78, 5) is 34.8. The average molecular weight is 778 g/mol. The number of hydrogen-bond acceptors (Lipinski definition) is 9. The Morgan fingerprint density at radius 2 is 1.19 bits per heavy atom. The first kappa shape index (κ1) is 51.1. The Balaban J connectivity index is 4.36. The van der Waals surface area contributed by atoms with Crippen molar-refractivity contribution in [3.63, 3.8) is 0 Å². The predicted octanol–water partition coefficient (Wildman–Crippen LogP) is 10.2. The van der Waals surface area contributed by atoms with E-state index in [2.05, 4.69) is 55.5 Å². The zero-order valence-electron chi connectivity index (χ0n) is 33.3. The highest BCUT2D eigenvalue weighted by atomic mass is 31.2. The average Bonchev–Trinajstić information content (AvgIpc) is 3.16. The zero-order chi connectivity index (χ0) is 39.8. The van der Waals surface area contributed by atoms with Crippen LogP contribution in [0, 0.1) is 0 Å². The molecule has 308 valence electrons. The first-order valence-electron chi connectivity index (χ1n) is 20.2. The topological polar surface area (TPSA) is 155 Å². The van der Waals surface area contributed by atoms with Gasteiger partial charge in [0, 0.05) is 19.4 Å². The summed E-state index contributed by atoms with van der Waals surface area (Å²) in [5.41, 5.74) is 5.33. The van der Waals surface area contributed by atoms with Gasteiger partial charge in [0.05, 0.1) is 19.3 Å². The van der Waals surface area contributed by atoms with Crippen LogP contribution >= 0.6 is 7.82 Å². The number of hydrogen-bond donors (Lipinski definition) is 3. The number of esters is 2. The van der Waals surface area contributed by atoms with Crippen molar-refractivity contribution < 1.29 is 42.7 Å². The molecule has 11 heteroatoms. The summed E-state index contributed by atoms with van der Waals surface area (Å²) in [6, 6.07) is 0. The lowest BCUT2D eigenvalue weighted by atomic mass is 10.1. The third-order valence-corrected chi connectivity index (χ3v) is 8.91. The monoisotopic (exact) mass is 777 g/mol. The lowest BCUT2D eigenvalue weighted by Crippen LogP contribution is -2.29. The van der Waals surface area contributed by atoms with Crippen LogP contribution in [0.2, 0.25) is 0 Å². The fourth-order valence-electron chi connectivity index (χ4n) is 4.77. The molecule has 4 N–H and O–H groups in total. The molecule has 0 aromatic heterocycles. The zero-order valence-corrected chi connectivity index (χ0v) is 34.2. The van der Waals surface area contributed by atoms with Crippen LogP contribution in [-0.4, -0.2) is 60.5 Å². The Kier molecular flexibility index (Phi) is 36.4. The standard InChI is InChI=1S/C43H72NO9P/c1-3-5-6-7-8-9-10-11-12-17-20-23-26-29-32-35-43(47)53-41(39-52-54(48,49)51-37-36-44)38-50-42(46)34-31-28-25-22-19-16-14-13-15-18-21-24-27-30-33-40(45)4-2/h8-9,11-12,14-16,18,22,24-25,27,30,33,40-41,45H,3-7,10,13,17,19-21,23,26,28-29,31-32,34-39,44H2,1-2H3,(H,48,49)/b9-8-,12-11-,16-14-,18-15-,25-22-,27-24-,33-30+/t40-,41+/m0/s1. The summed E-state index contributed by atoms with van der Waals surface area (Å²) < 4.78 is 32.6. The van der Waals surface area contributed by atoms with Crippen LogP contribution in [0.1, 0.15) is 136 Å². The van der Waals surface area contributed by atoms with Gasteiger partial charge in [-0.15, -0.1) is 0 Å². The maximum absolute atomic E-state index is 12.5. The Labute approximate surface area is 326 Å². The van der Waals surface area contributed by atoms with Gasteiger partial charge < -0.3 is 25.2 Å². The van der Waals surface area contributed by atoms with Crippen LogP contribution in [0.3, 0.4) is 0 Å². The lowest BCUT2D eigenvalue weighted by molar-refractivity contribution is -0.161. The van der Waals surface area contributed by atoms with Crippen LogP contribution in [0.4, 0.5) is 0 Å². The Morgan fingerprint density at radius 1 is 0.648 bits per heavy atom. The van der Waals surface area contributed by atoms with Crippen LogP contribution in [0.15, 0.2) is 85.1 Å². The molecule has 0 saturated heterocycles. The SMILES string of the molecule is CCCCC/C=C\C/C=C\CCCCCCCC(=O)O[C@H](COC(=O)CCC/C=C\C/C=C\C/C=C\C/C=C\C=C\[C@@H](O)CC)COP(=O)(O)OCCN. The van der Waals surface area contributed by atoms with E-state index in [9.17, 15) is 24.2 Å². The maximum Gasteiger partial charge on any atom is 0.472 e. The summed E-state index contributed by atoms with van der Waals surface area (Å²) in [5.74, 6) is -0.942. The van der Waals surface area contributed by atoms with Crippen molar-refractivity contribution in [2.45, 2.75) is 148 Å². The molecule has 0 heterocycles. The number of nitrogens with two attached hydrogens (primary N) is 1. The van der Waals surface area contributed by atoms with E-state index >= 15 is 0 Å². The molecule has 0 spiro atoms. The molecule has 3 atom stereocenters. The van der Waals surface area contributed by atoms with Crippen LogP contribution in [-0.2, 0) is 32.7 Å². The van der Waals surface area contributed by atoms with Gasteiger partial charge in [-0.05, 0) is 77.0 Å². The largest absolute Gasteiger partial charge is 0.472 e. The minimum absolute atomic E-state index is 0.0332. The highest BCUT2D eigenvalue weighted by Crippen LogP contribution is 2.43. The normalized spacial score (nSPS) is 14.8. The van der Waals surface area contributed by atoms with E-state index in [1.54, 1.807) is 6.08 Å². The molecule has 1 unspecified atom stereocenters. The lowest BCUT2D eigenvalue weighted by Gasteiger charge is -2.19. The van der Waals surface area contributed by atoms with Crippen molar-refractivity contribution >= 4 is 19.8 Å². The summed E-state index contributed by atoms with van der Waals surface area (Å²) in [7, 11) is -4.40. The third kappa shape index (κ3) is 37.5. The van der Waals surface area contributed by atoms with Crippen molar-refractivity contribution in [2.75, 3.05) is 26.4 Å². The molecule has 0 saturated carbocycles. The molecule has 0 aliphatic heterocycles. The summed E-state index contributed by atoms with van der Waals surface area (Å²) >= 11 is 0. The minimum atomic E-state index is -4.40. The maximum atomic E-state index is 12.5. The Morgan fingerprint density at radius 3 is 1.80 bits per heavy atom. The molecular weight excluding hydrogens is 705 g/mol. The molecule has 0 bridgehead atoms. The number of aliphatic hydroxyl groups excluding tert-OH is 1. The summed E-state index contributed by atoms with van der Waals surface area (Å²) in [6.45, 7) is 3.25. The highest BCUT2D eigenvalue weighted by Gasteiger charge is 2.25. The van der Waals surface area contributed by atoms with Crippen molar-refractivity contribution in [1.29, 1.82) is 0 Å². The Hall–Kier alpha value is -2.85. The van der Waals surface area contributed by atoms with Gasteiger partial charge in [0.1, 0.15) is 6.61 Å². The van der Waals surface area contributed by atoms with E-state index in [1.807, 2.05) is 37.3 Å². The van der Waals surface area contributed by atoms with E-state index in [-0.39, 0.29) is 38.7 Å². The van der Waals surface area contributed by atoms with Crippen molar-refractivity contribution in [3.8, 4) is 0 Å². The van der Waals surface area contributed by atoms with E-state index in [0.29, 0.717) is 25.7 Å². The molecule has 0 rings (SSSR count). The molecule has 0 aliphatic rings. The van der Waals surface area contributed by atoms with Crippen LogP contribution in [0.25, 0.3) is 0 Å². The molecule has 0 aliphatic carbocycles. The number of allylic oxidation sites excluding steroid dienone is 13. The quantitative estimate of drug-likeness (QED) is 0.0184. The number of phosphoric ester groups is 1. The van der Waals surface area contributed by atoms with Gasteiger partial charge in [-0.25, -0.2) is 4.57 Å². The first-order valence-corrected chi connectivity index (χ1v) is 21.7. The van der Waals surface area contributed by atoms with Gasteiger partial charge in [0.15, 0.2) is 6.10 Å². The predicted molar refractivity (Wildman–Crippen MR) is 221 cm³/mol. The smallest absolute Gasteiger partial charge is 0.462 e. The number of unbranched alkanes of at least 4 members (excludes halogenated alkanes) is 9. The van der Waals surface area contributed by atoms with Gasteiger partial charge in [-0.2, -0.15) is 0 Å². The van der Waals surface area contributed by atoms with Gasteiger partial charge >= 0.3 is 19.8 Å². The number of phosphoric acid groups is 1. The van der Waals surface area contributed by atoms with E-state index in [0.717, 1.165) is 64.2 Å². The second-order valence-electron chi connectivity index (χ2n) is 13.0. The summed E-state index contributed by atoms with van der Waals surface area (Å²) in [6.07, 6.45) is 44.2. The molecule has 54 heavy (non-hydrogen) atoms. The molecule has 0 aromatic rings. The van der Waals surface area contributed by atoms with Crippen LogP contribution < -0.4 is 5.73 Å². The number of ether oxygens (including phenoxy) is 2. The third-order valence-electron chi connectivity index (χ3n) is 7.92. The highest BCUT2D eigenvalue weighted by molar-refractivity contribution is 7.47. The molecule has 0 fully saturated rings. The van der Waals surface area contributed by atoms with E-state index < -0.39 is 32.5 Å². The molecule has 0 aromatic carbocycles. The van der Waals surface area contributed by atoms with Crippen molar-refractivity contribution in [1.82, 2.24) is 0 Å². The van der Waals surface area contributed by atoms with Crippen LogP contribution in [0.5, 0.6) is 0 Å². The van der Waals surface area contributed by atoms with Gasteiger partial charge in [0.25, 0.3) is 0 Å². The van der Waals surface area contributed by atoms with Gasteiger partial charge in [-0.1, -0.05) is 131 Å². The first-order chi connectivity index (χ1) is 26.2. The van der Waals surface area contributed by atoms with Gasteiger partial charge in [0.2, 0.25) is 0 Å². The number of carbonyl (C=O) groups excluding carboxylic acids is 2. The van der Waals surface area contributed by atoms with E-state index in [1.165, 1.54) is 19.3 Å². The molecule has 0 radical (unpaired) electrons. The summed E-state index contributed by atoms with van der Waals surface area (Å²) in [5, 5.41) is 9.46. The second-order valence-corrected chi connectivity index (χ2v) is 14.4.